The van der Waals surface area contributed by atoms with E-state index in [1.54, 1.807) is 49.4 Å². The molecule has 0 bridgehead atoms. The predicted octanol–water partition coefficient (Wildman–Crippen LogP) is 7.01. The van der Waals surface area contributed by atoms with Gasteiger partial charge in [-0.05, 0) is 55.3 Å². The number of nitrogens with one attached hydrogen (secondary N) is 3. The number of para-hydroxylation sites is 1. The van der Waals surface area contributed by atoms with Crippen LogP contribution in [0.3, 0.4) is 0 Å². The molecule has 9 heteroatoms. The van der Waals surface area contributed by atoms with E-state index in [0.29, 0.717) is 48.9 Å². The van der Waals surface area contributed by atoms with Gasteiger partial charge in [-0.2, -0.15) is 5.26 Å². The molecule has 1 aliphatic heterocycles. The van der Waals surface area contributed by atoms with Crippen molar-refractivity contribution in [2.45, 2.75) is 19.8 Å². The Hall–Kier alpha value is -3.70. The standard InChI is InChI=1S/C29H24Cl2N4O2S/c1-17-12-13-20(14-24(17)31)34-25(36)16-38-29-22(15-32)27(21-10-6-7-11-23(21)30)26(18(2)33-29)28(37)35-19-8-4-3-5-9-19/h3-14,27,33H,16H2,1-2H3,(H,34,36)(H,35,37)/t27-/m0/s1. The lowest BCUT2D eigenvalue weighted by atomic mass is 9.82. The molecule has 0 radical (unpaired) electrons. The van der Waals surface area contributed by atoms with E-state index < -0.39 is 5.92 Å². The SMILES string of the molecule is CC1=C(C(=O)Nc2ccccc2)[C@@H](c2ccccc2Cl)C(C#N)=C(SCC(=O)Nc2ccc(C)c(Cl)c2)N1. The number of amides is 2. The van der Waals surface area contributed by atoms with E-state index in [-0.39, 0.29) is 17.6 Å². The van der Waals surface area contributed by atoms with Crippen LogP contribution < -0.4 is 16.0 Å². The van der Waals surface area contributed by atoms with Gasteiger partial charge in [-0.3, -0.25) is 9.59 Å². The van der Waals surface area contributed by atoms with Gasteiger partial charge in [0.05, 0.1) is 28.3 Å². The van der Waals surface area contributed by atoms with Crippen molar-refractivity contribution in [2.24, 2.45) is 0 Å². The number of allylic oxidation sites excluding steroid dienone is 2. The molecule has 3 aromatic rings. The van der Waals surface area contributed by atoms with Gasteiger partial charge < -0.3 is 16.0 Å². The Kier molecular flexibility index (Phi) is 8.80. The molecule has 4 rings (SSSR count). The normalized spacial score (nSPS) is 15.0. The molecule has 0 aromatic heterocycles. The lowest BCUT2D eigenvalue weighted by Gasteiger charge is -2.30. The third kappa shape index (κ3) is 6.22. The Bertz CT molecular complexity index is 1500. The molecular weight excluding hydrogens is 539 g/mol. The first kappa shape index (κ1) is 27.3. The minimum atomic E-state index is -0.722. The fourth-order valence-corrected chi connectivity index (χ4v) is 5.39. The summed E-state index contributed by atoms with van der Waals surface area (Å²) < 4.78 is 0. The molecule has 0 saturated carbocycles. The van der Waals surface area contributed by atoms with Crippen molar-refractivity contribution < 1.29 is 9.59 Å². The van der Waals surface area contributed by atoms with Crippen LogP contribution in [0.25, 0.3) is 0 Å². The summed E-state index contributed by atoms with van der Waals surface area (Å²) in [6, 6.07) is 23.8. The number of anilines is 2. The number of nitrogens with zero attached hydrogens (tertiary/aromatic N) is 1. The highest BCUT2D eigenvalue weighted by molar-refractivity contribution is 8.03. The molecule has 192 valence electrons. The van der Waals surface area contributed by atoms with Gasteiger partial charge in [0.15, 0.2) is 0 Å². The molecule has 0 spiro atoms. The molecule has 1 aliphatic rings. The molecule has 6 nitrogen and oxygen atoms in total. The molecule has 0 fully saturated rings. The van der Waals surface area contributed by atoms with Crippen molar-refractivity contribution >= 4 is 58.2 Å². The Labute approximate surface area is 235 Å². The molecule has 3 N–H and O–H groups in total. The van der Waals surface area contributed by atoms with Crippen LogP contribution in [-0.4, -0.2) is 17.6 Å². The molecule has 1 heterocycles. The number of benzene rings is 3. The monoisotopic (exact) mass is 562 g/mol. The number of dihydropyridines is 1. The Morgan fingerprint density at radius 1 is 0.947 bits per heavy atom. The van der Waals surface area contributed by atoms with Gasteiger partial charge >= 0.3 is 0 Å². The summed E-state index contributed by atoms with van der Waals surface area (Å²) in [4.78, 5) is 26.2. The van der Waals surface area contributed by atoms with Crippen molar-refractivity contribution in [1.82, 2.24) is 5.32 Å². The van der Waals surface area contributed by atoms with E-state index >= 15 is 0 Å². The van der Waals surface area contributed by atoms with Crippen molar-refractivity contribution in [3.05, 3.63) is 116 Å². The zero-order chi connectivity index (χ0) is 27.2. The van der Waals surface area contributed by atoms with E-state index in [0.717, 1.165) is 5.56 Å². The predicted molar refractivity (Wildman–Crippen MR) is 155 cm³/mol. The van der Waals surface area contributed by atoms with Gasteiger partial charge in [-0.25, -0.2) is 0 Å². The summed E-state index contributed by atoms with van der Waals surface area (Å²) >= 11 is 13.9. The minimum absolute atomic E-state index is 0.0348. The van der Waals surface area contributed by atoms with E-state index in [1.807, 2.05) is 37.3 Å². The first-order chi connectivity index (χ1) is 18.3. The third-order valence-corrected chi connectivity index (χ3v) is 7.71. The molecule has 2 amide bonds. The summed E-state index contributed by atoms with van der Waals surface area (Å²) in [6.07, 6.45) is 0. The summed E-state index contributed by atoms with van der Waals surface area (Å²) in [7, 11) is 0. The summed E-state index contributed by atoms with van der Waals surface area (Å²) in [5.74, 6) is -1.30. The maximum Gasteiger partial charge on any atom is 0.254 e. The van der Waals surface area contributed by atoms with Gasteiger partial charge in [0.2, 0.25) is 5.91 Å². The average Bonchev–Trinajstić information content (AvgIpc) is 2.90. The van der Waals surface area contributed by atoms with Crippen LogP contribution >= 0.6 is 35.0 Å². The van der Waals surface area contributed by atoms with Crippen LogP contribution in [0.4, 0.5) is 11.4 Å². The average molecular weight is 564 g/mol. The number of halogens is 2. The van der Waals surface area contributed by atoms with Gasteiger partial charge in [-0.15, -0.1) is 0 Å². The van der Waals surface area contributed by atoms with Gasteiger partial charge in [-0.1, -0.05) is 77.4 Å². The van der Waals surface area contributed by atoms with Crippen LogP contribution in [0, 0.1) is 18.3 Å². The molecule has 0 saturated heterocycles. The molecule has 1 atom stereocenters. The topological polar surface area (TPSA) is 94.0 Å². The highest BCUT2D eigenvalue weighted by atomic mass is 35.5. The third-order valence-electron chi connectivity index (χ3n) is 5.94. The highest BCUT2D eigenvalue weighted by Gasteiger charge is 2.36. The zero-order valence-corrected chi connectivity index (χ0v) is 23.0. The molecule has 3 aromatic carbocycles. The number of aryl methyl sites for hydroxylation is 1. The minimum Gasteiger partial charge on any atom is -0.353 e. The number of rotatable bonds is 7. The molecule has 38 heavy (non-hydrogen) atoms. The zero-order valence-electron chi connectivity index (χ0n) is 20.6. The summed E-state index contributed by atoms with van der Waals surface area (Å²) in [6.45, 7) is 3.65. The van der Waals surface area contributed by atoms with E-state index in [9.17, 15) is 14.9 Å². The quantitative estimate of drug-likeness (QED) is 0.288. The van der Waals surface area contributed by atoms with Crippen LogP contribution in [-0.2, 0) is 9.59 Å². The first-order valence-corrected chi connectivity index (χ1v) is 13.4. The number of thioether (sulfide) groups is 1. The fraction of sp³-hybridized carbons (Fsp3) is 0.138. The summed E-state index contributed by atoms with van der Waals surface area (Å²) in [5.41, 5.74) is 4.00. The Morgan fingerprint density at radius 3 is 2.34 bits per heavy atom. The molecule has 0 unspecified atom stereocenters. The van der Waals surface area contributed by atoms with Crippen LogP contribution in [0.15, 0.2) is 94.7 Å². The maximum absolute atomic E-state index is 13.5. The molecular formula is C29H24Cl2N4O2S. The lowest BCUT2D eigenvalue weighted by molar-refractivity contribution is -0.114. The van der Waals surface area contributed by atoms with Gasteiger partial charge in [0.1, 0.15) is 0 Å². The van der Waals surface area contributed by atoms with Gasteiger partial charge in [0, 0.05) is 32.7 Å². The van der Waals surface area contributed by atoms with Crippen LogP contribution in [0.1, 0.15) is 24.0 Å². The molecule has 0 aliphatic carbocycles. The number of carbonyl (C=O) groups is 2. The summed E-state index contributed by atoms with van der Waals surface area (Å²) in [5, 5.41) is 20.6. The van der Waals surface area contributed by atoms with Crippen LogP contribution in [0.5, 0.6) is 0 Å². The van der Waals surface area contributed by atoms with E-state index in [4.69, 9.17) is 23.2 Å². The lowest BCUT2D eigenvalue weighted by Crippen LogP contribution is -2.31. The Balaban J connectivity index is 1.63. The second-order valence-electron chi connectivity index (χ2n) is 8.59. The van der Waals surface area contributed by atoms with Gasteiger partial charge in [0.25, 0.3) is 5.91 Å². The van der Waals surface area contributed by atoms with Crippen molar-refractivity contribution in [2.75, 3.05) is 16.4 Å². The van der Waals surface area contributed by atoms with E-state index in [1.165, 1.54) is 11.8 Å². The van der Waals surface area contributed by atoms with Crippen LogP contribution in [0.2, 0.25) is 10.0 Å². The van der Waals surface area contributed by atoms with Crippen molar-refractivity contribution in [1.29, 1.82) is 5.26 Å². The largest absolute Gasteiger partial charge is 0.353 e. The second-order valence-corrected chi connectivity index (χ2v) is 10.4. The highest BCUT2D eigenvalue weighted by Crippen LogP contribution is 2.43. The number of nitriles is 1. The van der Waals surface area contributed by atoms with Crippen molar-refractivity contribution in [3.63, 3.8) is 0 Å². The Morgan fingerprint density at radius 2 is 1.66 bits per heavy atom. The van der Waals surface area contributed by atoms with Crippen molar-refractivity contribution in [3.8, 4) is 6.07 Å². The first-order valence-electron chi connectivity index (χ1n) is 11.7. The maximum atomic E-state index is 13.5. The number of hydrogen-bond acceptors (Lipinski definition) is 5. The fourth-order valence-electron chi connectivity index (χ4n) is 4.07. The smallest absolute Gasteiger partial charge is 0.254 e. The van der Waals surface area contributed by atoms with E-state index in [2.05, 4.69) is 22.0 Å². The second kappa shape index (κ2) is 12.2. The number of hydrogen-bond donors (Lipinski definition) is 3. The number of carbonyl (C=O) groups excluding carboxylic acids is 2.